The lowest BCUT2D eigenvalue weighted by Gasteiger charge is -2.41. The monoisotopic (exact) mass is 241 g/mol. The highest BCUT2D eigenvalue weighted by Gasteiger charge is 2.33. The predicted octanol–water partition coefficient (Wildman–Crippen LogP) is 1.92. The van der Waals surface area contributed by atoms with Crippen molar-refractivity contribution in [3.05, 3.63) is 0 Å². The highest BCUT2D eigenvalue weighted by atomic mass is 15.2. The van der Waals surface area contributed by atoms with Gasteiger partial charge in [0.25, 0.3) is 0 Å². The summed E-state index contributed by atoms with van der Waals surface area (Å²) in [7, 11) is 6.56. The lowest BCUT2D eigenvalue weighted by atomic mass is 9.88. The van der Waals surface area contributed by atoms with E-state index >= 15 is 0 Å². The summed E-state index contributed by atoms with van der Waals surface area (Å²) in [6.45, 7) is 3.17. The highest BCUT2D eigenvalue weighted by Crippen LogP contribution is 2.31. The Kier molecular flexibility index (Phi) is 6.45. The SMILES string of the molecule is CN(C)CCCN(C)C1(CN)CCCCCC1. The van der Waals surface area contributed by atoms with Gasteiger partial charge in [0.1, 0.15) is 0 Å². The van der Waals surface area contributed by atoms with Gasteiger partial charge in [-0.15, -0.1) is 0 Å². The molecule has 1 saturated carbocycles. The maximum atomic E-state index is 6.09. The van der Waals surface area contributed by atoms with E-state index in [1.807, 2.05) is 0 Å². The molecule has 0 atom stereocenters. The van der Waals surface area contributed by atoms with Crippen molar-refractivity contribution in [1.29, 1.82) is 0 Å². The van der Waals surface area contributed by atoms with E-state index in [1.54, 1.807) is 0 Å². The van der Waals surface area contributed by atoms with Gasteiger partial charge < -0.3 is 10.6 Å². The van der Waals surface area contributed by atoms with Gasteiger partial charge in [-0.25, -0.2) is 0 Å². The van der Waals surface area contributed by atoms with Crippen molar-refractivity contribution in [3.8, 4) is 0 Å². The molecule has 1 rings (SSSR count). The van der Waals surface area contributed by atoms with Gasteiger partial charge in [0, 0.05) is 12.1 Å². The second-order valence-electron chi connectivity index (χ2n) is 5.92. The van der Waals surface area contributed by atoms with E-state index in [9.17, 15) is 0 Å². The molecule has 0 bridgehead atoms. The molecular formula is C14H31N3. The average molecular weight is 241 g/mol. The van der Waals surface area contributed by atoms with Crippen molar-refractivity contribution in [2.24, 2.45) is 5.73 Å². The lowest BCUT2D eigenvalue weighted by molar-refractivity contribution is 0.103. The fraction of sp³-hybridized carbons (Fsp3) is 1.00. The fourth-order valence-corrected chi connectivity index (χ4v) is 2.99. The molecule has 0 aromatic carbocycles. The van der Waals surface area contributed by atoms with E-state index in [0.29, 0.717) is 5.54 Å². The van der Waals surface area contributed by atoms with Gasteiger partial charge >= 0.3 is 0 Å². The molecule has 1 aliphatic carbocycles. The van der Waals surface area contributed by atoms with Gasteiger partial charge in [-0.1, -0.05) is 25.7 Å². The standard InChI is InChI=1S/C14H31N3/c1-16(2)11-8-12-17(3)14(13-15)9-6-4-5-7-10-14/h4-13,15H2,1-3H3. The third-order valence-electron chi connectivity index (χ3n) is 4.32. The normalized spacial score (nSPS) is 20.8. The Morgan fingerprint density at radius 2 is 1.53 bits per heavy atom. The Labute approximate surface area is 107 Å². The van der Waals surface area contributed by atoms with Crippen LogP contribution in [0.15, 0.2) is 0 Å². The summed E-state index contributed by atoms with van der Waals surface area (Å²) in [5, 5.41) is 0. The first-order chi connectivity index (χ1) is 8.10. The highest BCUT2D eigenvalue weighted by molar-refractivity contribution is 4.91. The van der Waals surface area contributed by atoms with Crippen LogP contribution in [0.4, 0.5) is 0 Å². The zero-order chi connectivity index (χ0) is 12.7. The Balaban J connectivity index is 2.46. The molecule has 102 valence electrons. The van der Waals surface area contributed by atoms with E-state index < -0.39 is 0 Å². The summed E-state index contributed by atoms with van der Waals surface area (Å²) in [4.78, 5) is 4.80. The molecule has 17 heavy (non-hydrogen) atoms. The Morgan fingerprint density at radius 3 is 2.00 bits per heavy atom. The van der Waals surface area contributed by atoms with E-state index in [1.165, 1.54) is 58.0 Å². The van der Waals surface area contributed by atoms with Crippen LogP contribution in [0.25, 0.3) is 0 Å². The van der Waals surface area contributed by atoms with Crippen molar-refractivity contribution in [2.45, 2.75) is 50.5 Å². The molecule has 0 heterocycles. The molecular weight excluding hydrogens is 210 g/mol. The molecule has 0 aromatic rings. The number of hydrogen-bond acceptors (Lipinski definition) is 3. The molecule has 0 spiro atoms. The maximum absolute atomic E-state index is 6.09. The summed E-state index contributed by atoms with van der Waals surface area (Å²) in [6, 6.07) is 0. The minimum absolute atomic E-state index is 0.294. The summed E-state index contributed by atoms with van der Waals surface area (Å²) in [6.07, 6.45) is 9.33. The van der Waals surface area contributed by atoms with E-state index in [-0.39, 0.29) is 0 Å². The molecule has 0 unspecified atom stereocenters. The second kappa shape index (κ2) is 7.34. The number of likely N-dealkylation sites (N-methyl/N-ethyl adjacent to an activating group) is 1. The quantitative estimate of drug-likeness (QED) is 0.721. The van der Waals surface area contributed by atoms with Crippen molar-refractivity contribution in [2.75, 3.05) is 40.8 Å². The molecule has 0 aliphatic heterocycles. The maximum Gasteiger partial charge on any atom is 0.0328 e. The summed E-state index contributed by atoms with van der Waals surface area (Å²) in [5.74, 6) is 0. The fourth-order valence-electron chi connectivity index (χ4n) is 2.99. The number of nitrogens with zero attached hydrogens (tertiary/aromatic N) is 2. The topological polar surface area (TPSA) is 32.5 Å². The second-order valence-corrected chi connectivity index (χ2v) is 5.92. The van der Waals surface area contributed by atoms with Crippen LogP contribution in [0.2, 0.25) is 0 Å². The molecule has 3 nitrogen and oxygen atoms in total. The molecule has 0 aromatic heterocycles. The molecule has 2 N–H and O–H groups in total. The molecule has 1 fully saturated rings. The van der Waals surface area contributed by atoms with Crippen LogP contribution in [-0.2, 0) is 0 Å². The minimum atomic E-state index is 0.294. The van der Waals surface area contributed by atoms with Crippen molar-refractivity contribution < 1.29 is 0 Å². The van der Waals surface area contributed by atoms with Crippen LogP contribution in [0.5, 0.6) is 0 Å². The summed E-state index contributed by atoms with van der Waals surface area (Å²) < 4.78 is 0. The molecule has 0 amide bonds. The van der Waals surface area contributed by atoms with Crippen LogP contribution in [-0.4, -0.2) is 56.1 Å². The molecule has 0 saturated heterocycles. The Hall–Kier alpha value is -0.120. The molecule has 1 aliphatic rings. The first-order valence-corrected chi connectivity index (χ1v) is 7.17. The Morgan fingerprint density at radius 1 is 0.941 bits per heavy atom. The van der Waals surface area contributed by atoms with Gasteiger partial charge in [0.2, 0.25) is 0 Å². The van der Waals surface area contributed by atoms with Gasteiger partial charge in [-0.2, -0.15) is 0 Å². The number of hydrogen-bond donors (Lipinski definition) is 1. The minimum Gasteiger partial charge on any atom is -0.329 e. The lowest BCUT2D eigenvalue weighted by Crippen LogP contribution is -2.52. The molecule has 3 heteroatoms. The van der Waals surface area contributed by atoms with Crippen molar-refractivity contribution in [1.82, 2.24) is 9.80 Å². The molecule has 0 radical (unpaired) electrons. The van der Waals surface area contributed by atoms with E-state index in [4.69, 9.17) is 5.73 Å². The summed E-state index contributed by atoms with van der Waals surface area (Å²) >= 11 is 0. The van der Waals surface area contributed by atoms with Crippen LogP contribution in [0.3, 0.4) is 0 Å². The van der Waals surface area contributed by atoms with Crippen molar-refractivity contribution >= 4 is 0 Å². The number of nitrogens with two attached hydrogens (primary N) is 1. The van der Waals surface area contributed by atoms with Crippen LogP contribution in [0.1, 0.15) is 44.9 Å². The van der Waals surface area contributed by atoms with Gasteiger partial charge in [-0.05, 0) is 53.5 Å². The first-order valence-electron chi connectivity index (χ1n) is 7.17. The number of rotatable bonds is 6. The average Bonchev–Trinajstić information content (AvgIpc) is 2.54. The largest absolute Gasteiger partial charge is 0.329 e. The van der Waals surface area contributed by atoms with Crippen LogP contribution >= 0.6 is 0 Å². The third kappa shape index (κ3) is 4.57. The predicted molar refractivity (Wildman–Crippen MR) is 75.3 cm³/mol. The van der Waals surface area contributed by atoms with Gasteiger partial charge in [-0.3, -0.25) is 4.90 Å². The van der Waals surface area contributed by atoms with E-state index in [2.05, 4.69) is 30.9 Å². The third-order valence-corrected chi connectivity index (χ3v) is 4.32. The van der Waals surface area contributed by atoms with Crippen molar-refractivity contribution in [3.63, 3.8) is 0 Å². The zero-order valence-electron chi connectivity index (χ0n) is 12.0. The summed E-state index contributed by atoms with van der Waals surface area (Å²) in [5.41, 5.74) is 6.38. The van der Waals surface area contributed by atoms with Gasteiger partial charge in [0.05, 0.1) is 0 Å². The zero-order valence-corrected chi connectivity index (χ0v) is 12.0. The first kappa shape index (κ1) is 14.9. The Bertz CT molecular complexity index is 196. The van der Waals surface area contributed by atoms with Crippen LogP contribution in [0, 0.1) is 0 Å². The smallest absolute Gasteiger partial charge is 0.0328 e. The van der Waals surface area contributed by atoms with Crippen LogP contribution < -0.4 is 5.73 Å². The van der Waals surface area contributed by atoms with Gasteiger partial charge in [0.15, 0.2) is 0 Å². The van der Waals surface area contributed by atoms with E-state index in [0.717, 1.165) is 6.54 Å².